The normalized spacial score (nSPS) is 18.0. The highest BCUT2D eigenvalue weighted by Crippen LogP contribution is 2.47. The van der Waals surface area contributed by atoms with E-state index in [0.29, 0.717) is 27.1 Å². The topological polar surface area (TPSA) is 17.1 Å². The second kappa shape index (κ2) is 6.60. The quantitative estimate of drug-likeness (QED) is 0.435. The predicted molar refractivity (Wildman–Crippen MR) is 88.1 cm³/mol. The molecule has 26 heavy (non-hydrogen) atoms. The molecule has 3 rings (SSSR count). The van der Waals surface area contributed by atoms with Crippen molar-refractivity contribution in [2.45, 2.75) is 28.9 Å². The highest BCUT2D eigenvalue weighted by molar-refractivity contribution is 9.10. The number of benzene rings is 2. The molecule has 0 fully saturated rings. The number of thioether (sulfide) groups is 1. The molecule has 0 bridgehead atoms. The van der Waals surface area contributed by atoms with Crippen LogP contribution in [0.3, 0.4) is 0 Å². The zero-order valence-electron chi connectivity index (χ0n) is 12.7. The first-order chi connectivity index (χ1) is 11.9. The molecule has 2 aromatic rings. The van der Waals surface area contributed by atoms with Crippen LogP contribution in [0.15, 0.2) is 45.8 Å². The van der Waals surface area contributed by atoms with Crippen molar-refractivity contribution < 1.29 is 31.1 Å². The lowest BCUT2D eigenvalue weighted by Crippen LogP contribution is -2.16. The van der Waals surface area contributed by atoms with Crippen molar-refractivity contribution >= 4 is 33.5 Å². The summed E-state index contributed by atoms with van der Waals surface area (Å²) in [5.74, 6) is -0.323. The van der Waals surface area contributed by atoms with Gasteiger partial charge in [0.1, 0.15) is 0 Å². The third-order valence-corrected chi connectivity index (χ3v) is 5.69. The van der Waals surface area contributed by atoms with Gasteiger partial charge in [0, 0.05) is 26.6 Å². The first-order valence-electron chi connectivity index (χ1n) is 7.24. The Balaban J connectivity index is 2.06. The lowest BCUT2D eigenvalue weighted by atomic mass is 9.97. The highest BCUT2D eigenvalue weighted by Gasteiger charge is 2.38. The maximum absolute atomic E-state index is 13.0. The summed E-state index contributed by atoms with van der Waals surface area (Å²) in [6, 6.07) is 6.33. The van der Waals surface area contributed by atoms with Crippen LogP contribution in [0.2, 0.25) is 0 Å². The number of fused-ring (bicyclic) bond motifs is 1. The smallest absolute Gasteiger partial charge is 0.294 e. The number of ketones is 1. The largest absolute Gasteiger partial charge is 0.416 e. The first-order valence-corrected chi connectivity index (χ1v) is 8.91. The fraction of sp³-hybridized carbons (Fsp3) is 0.235. The molecule has 2 aromatic carbocycles. The molecule has 1 unspecified atom stereocenters. The summed E-state index contributed by atoms with van der Waals surface area (Å²) in [5.41, 5.74) is -2.52. The molecule has 0 aliphatic carbocycles. The maximum Gasteiger partial charge on any atom is 0.416 e. The number of carbonyl (C=O) groups excluding carboxylic acids is 1. The summed E-state index contributed by atoms with van der Waals surface area (Å²) < 4.78 is 78.8. The van der Waals surface area contributed by atoms with Crippen molar-refractivity contribution in [3.05, 3.63) is 63.1 Å². The van der Waals surface area contributed by atoms with E-state index >= 15 is 0 Å². The van der Waals surface area contributed by atoms with Crippen LogP contribution in [0.4, 0.5) is 26.3 Å². The Hall–Kier alpha value is -1.48. The average Bonchev–Trinajstić information content (AvgIpc) is 2.53. The van der Waals surface area contributed by atoms with Gasteiger partial charge >= 0.3 is 12.4 Å². The first kappa shape index (κ1) is 19.3. The van der Waals surface area contributed by atoms with E-state index in [1.165, 1.54) is 0 Å². The monoisotopic (exact) mass is 454 g/mol. The third-order valence-electron chi connectivity index (χ3n) is 3.86. The molecule has 1 atom stereocenters. The van der Waals surface area contributed by atoms with E-state index in [2.05, 4.69) is 15.9 Å². The van der Waals surface area contributed by atoms with Gasteiger partial charge in [-0.1, -0.05) is 15.9 Å². The lowest BCUT2D eigenvalue weighted by Gasteiger charge is -2.25. The fourth-order valence-corrected chi connectivity index (χ4v) is 4.27. The fourth-order valence-electron chi connectivity index (χ4n) is 2.65. The van der Waals surface area contributed by atoms with E-state index in [4.69, 9.17) is 0 Å². The number of carbonyl (C=O) groups is 1. The zero-order chi connectivity index (χ0) is 19.3. The number of alkyl halides is 6. The van der Waals surface area contributed by atoms with Crippen LogP contribution in [0.25, 0.3) is 0 Å². The predicted octanol–water partition coefficient (Wildman–Crippen LogP) is 6.91. The molecule has 1 nitrogen and oxygen atoms in total. The van der Waals surface area contributed by atoms with E-state index in [-0.39, 0.29) is 23.8 Å². The van der Waals surface area contributed by atoms with E-state index in [1.54, 1.807) is 18.2 Å². The number of halogens is 7. The summed E-state index contributed by atoms with van der Waals surface area (Å²) in [6.07, 6.45) is -10.0. The molecule has 1 aliphatic rings. The molecule has 0 aromatic heterocycles. The Labute approximate surface area is 156 Å². The zero-order valence-corrected chi connectivity index (χ0v) is 15.1. The van der Waals surface area contributed by atoms with E-state index in [0.717, 1.165) is 11.8 Å². The molecule has 0 amide bonds. The molecule has 0 saturated carbocycles. The third kappa shape index (κ3) is 3.93. The van der Waals surface area contributed by atoms with Crippen molar-refractivity contribution in [3.8, 4) is 0 Å². The molecule has 9 heteroatoms. The van der Waals surface area contributed by atoms with Gasteiger partial charge in [0.05, 0.1) is 11.1 Å². The molecule has 0 saturated heterocycles. The van der Waals surface area contributed by atoms with Gasteiger partial charge in [-0.05, 0) is 42.0 Å². The number of rotatable bonds is 1. The minimum Gasteiger partial charge on any atom is -0.294 e. The Kier molecular flexibility index (Phi) is 4.89. The van der Waals surface area contributed by atoms with Crippen LogP contribution >= 0.6 is 27.7 Å². The van der Waals surface area contributed by atoms with Gasteiger partial charge in [0.25, 0.3) is 0 Å². The van der Waals surface area contributed by atoms with E-state index < -0.39 is 28.7 Å². The molecule has 0 radical (unpaired) electrons. The minimum atomic E-state index is -4.91. The van der Waals surface area contributed by atoms with E-state index in [9.17, 15) is 31.1 Å². The summed E-state index contributed by atoms with van der Waals surface area (Å²) in [6.45, 7) is 0. The Morgan fingerprint density at radius 1 is 0.923 bits per heavy atom. The molecular weight excluding hydrogens is 446 g/mol. The molecule has 1 aliphatic heterocycles. The van der Waals surface area contributed by atoms with Crippen LogP contribution in [-0.4, -0.2) is 5.78 Å². The Morgan fingerprint density at radius 2 is 1.50 bits per heavy atom. The second-order valence-corrected chi connectivity index (χ2v) is 7.87. The molecule has 0 N–H and O–H groups in total. The summed E-state index contributed by atoms with van der Waals surface area (Å²) in [4.78, 5) is 12.8. The van der Waals surface area contributed by atoms with Crippen molar-refractivity contribution in [2.75, 3.05) is 0 Å². The van der Waals surface area contributed by atoms with Gasteiger partial charge in [-0.2, -0.15) is 26.3 Å². The summed E-state index contributed by atoms with van der Waals surface area (Å²) >= 11 is 4.31. The van der Waals surface area contributed by atoms with Crippen molar-refractivity contribution in [1.29, 1.82) is 0 Å². The molecule has 1 heterocycles. The van der Waals surface area contributed by atoms with Gasteiger partial charge in [-0.15, -0.1) is 11.8 Å². The Bertz CT molecular complexity index is 842. The van der Waals surface area contributed by atoms with Crippen molar-refractivity contribution in [2.24, 2.45) is 0 Å². The van der Waals surface area contributed by atoms with Crippen LogP contribution in [0.5, 0.6) is 0 Å². The number of hydrogen-bond acceptors (Lipinski definition) is 2. The van der Waals surface area contributed by atoms with Crippen LogP contribution in [0, 0.1) is 0 Å². The molecular formula is C17H9BrF6OS. The van der Waals surface area contributed by atoms with Gasteiger partial charge < -0.3 is 0 Å². The summed E-state index contributed by atoms with van der Waals surface area (Å²) in [5, 5.41) is -0.820. The van der Waals surface area contributed by atoms with Gasteiger partial charge in [0.15, 0.2) is 5.78 Å². The van der Waals surface area contributed by atoms with Crippen LogP contribution in [0.1, 0.15) is 38.7 Å². The molecule has 138 valence electrons. The number of hydrogen-bond donors (Lipinski definition) is 0. The van der Waals surface area contributed by atoms with Gasteiger partial charge in [0.2, 0.25) is 0 Å². The highest BCUT2D eigenvalue weighted by atomic mass is 79.9. The van der Waals surface area contributed by atoms with E-state index in [1.807, 2.05) is 0 Å². The van der Waals surface area contributed by atoms with Crippen molar-refractivity contribution in [3.63, 3.8) is 0 Å². The van der Waals surface area contributed by atoms with Crippen molar-refractivity contribution in [1.82, 2.24) is 0 Å². The van der Waals surface area contributed by atoms with Gasteiger partial charge in [-0.3, -0.25) is 4.79 Å². The Morgan fingerprint density at radius 3 is 2.04 bits per heavy atom. The summed E-state index contributed by atoms with van der Waals surface area (Å²) in [7, 11) is 0. The molecule has 0 spiro atoms. The van der Waals surface area contributed by atoms with Gasteiger partial charge in [-0.25, -0.2) is 0 Å². The lowest BCUT2D eigenvalue weighted by molar-refractivity contribution is -0.143. The standard InChI is InChI=1S/C17H9BrF6OS/c18-11-1-2-14-12(6-11)13(25)7-15(26-14)8-3-9(16(19,20)21)5-10(4-8)17(22,23)24/h1-6,15H,7H2. The SMILES string of the molecule is O=C1CC(c2cc(C(F)(F)F)cc(C(F)(F)F)c2)Sc2ccc(Br)cc21. The average molecular weight is 455 g/mol. The maximum atomic E-state index is 13.0. The minimum absolute atomic E-state index is 0.0872. The number of Topliss-reactive ketones (excluding diaryl/α,β-unsaturated/α-hetero) is 1. The second-order valence-electron chi connectivity index (χ2n) is 5.71. The van der Waals surface area contributed by atoms with Crippen LogP contribution < -0.4 is 0 Å². The van der Waals surface area contributed by atoms with Crippen LogP contribution in [-0.2, 0) is 12.4 Å².